The third-order valence-corrected chi connectivity index (χ3v) is 26.5. The van der Waals surface area contributed by atoms with Crippen LogP contribution in [0.1, 0.15) is 49.9 Å². The van der Waals surface area contributed by atoms with Crippen LogP contribution in [0.5, 0.6) is 0 Å². The predicted octanol–water partition coefficient (Wildman–Crippen LogP) is 30.2. The zero-order valence-electron chi connectivity index (χ0n) is 69.4. The largest absolute Gasteiger partial charge is 0.494 e. The van der Waals surface area contributed by atoms with Crippen LogP contribution in [0.25, 0.3) is 182 Å². The molecule has 0 unspecified atom stereocenters. The molecular weight excluding hydrogens is 1570 g/mol. The van der Waals surface area contributed by atoms with Gasteiger partial charge in [-0.25, -0.2) is 0 Å². The number of aromatic amines is 1. The van der Waals surface area contributed by atoms with E-state index in [2.05, 4.69) is 475 Å². The molecule has 18 aromatic carbocycles. The number of aromatic nitrogens is 4. The van der Waals surface area contributed by atoms with Gasteiger partial charge in [-0.2, -0.15) is 0 Å². The third-order valence-electron chi connectivity index (χ3n) is 26.0. The van der Waals surface area contributed by atoms with E-state index in [1.807, 2.05) is 6.07 Å². The molecule has 1 aliphatic heterocycles. The van der Waals surface area contributed by atoms with E-state index in [1.165, 1.54) is 199 Å². The lowest BCUT2D eigenvalue weighted by atomic mass is 9.78. The lowest BCUT2D eigenvalue weighted by molar-refractivity contribution is 0.00578. The molecule has 2 aliphatic carbocycles. The second kappa shape index (κ2) is 31.3. The zero-order chi connectivity index (χ0) is 83.2. The quantitative estimate of drug-likeness (QED) is 0.146. The molecule has 1 N–H and O–H groups in total. The molecule has 0 radical (unpaired) electrons. The van der Waals surface area contributed by atoms with Crippen LogP contribution in [0.4, 0.5) is 0 Å². The van der Waals surface area contributed by atoms with E-state index in [1.54, 1.807) is 0 Å². The van der Waals surface area contributed by atoms with Crippen LogP contribution in [-0.4, -0.2) is 37.0 Å². The van der Waals surface area contributed by atoms with Gasteiger partial charge < -0.3 is 28.0 Å². The van der Waals surface area contributed by atoms with E-state index in [0.29, 0.717) is 0 Å². The van der Waals surface area contributed by atoms with Crippen LogP contribution in [0, 0.1) is 0 Å². The molecule has 124 heavy (non-hydrogen) atoms. The van der Waals surface area contributed by atoms with E-state index in [9.17, 15) is 0 Å². The smallest absolute Gasteiger partial charge is 0.399 e. The third kappa shape index (κ3) is 13.7. The zero-order valence-corrected chi connectivity index (χ0v) is 71.0. The maximum Gasteiger partial charge on any atom is 0.494 e. The average molecular weight is 1660 g/mol. The van der Waals surface area contributed by atoms with E-state index < -0.39 is 0 Å². The van der Waals surface area contributed by atoms with Crippen molar-refractivity contribution in [2.24, 2.45) is 0 Å². The minimum atomic E-state index is -0.373. The number of rotatable bonds is 9. The number of fused-ring (bicyclic) bond motifs is 18. The van der Waals surface area contributed by atoms with Gasteiger partial charge in [0.15, 0.2) is 0 Å². The summed E-state index contributed by atoms with van der Waals surface area (Å²) in [6.07, 6.45) is 2.11. The van der Waals surface area contributed by atoms with Crippen molar-refractivity contribution in [1.82, 2.24) is 18.7 Å². The van der Waals surface area contributed by atoms with Gasteiger partial charge in [-0.3, -0.25) is 0 Å². The standard InChI is InChI=1S/C37H25N.C36H24N2.C30H28BNO2.C13H9Br/c1-2-8-25(9-3-1)26-16-19-31(20-17-26)38-36-13-7-6-12-33(36)35-24-28(18-21-37(35)38)27-14-15-30-22-29-10-4-5-11-32(29)34(30)23-27;1-2-8-24(9-3-1)25-14-18-28(19-15-25)38-35-13-7-5-11-30(35)32-23-27(17-21-36(32)38)26-16-20-34-31(22-26)29-10-4-6-12-33(29)37-34;1-29(2)30(3,4)34-31(33-29)23-16-19-28-26(20-23)25-12-8-9-13-27(25)32(28)24-17-14-22(15-18-24)21-10-6-5-7-11-21;14-11-6-5-10-7-9-3-1-2-4-12(9)13(10)8-11/h1-21,23-24H,22H2;1-23,37H;5-20H,1-4H3;1-6,8H,7H2. The maximum atomic E-state index is 6.33. The molecule has 0 bridgehead atoms. The summed E-state index contributed by atoms with van der Waals surface area (Å²) in [5, 5.41) is 10.1. The fraction of sp³-hybridized carbons (Fsp3) is 0.0690. The van der Waals surface area contributed by atoms with Crippen LogP contribution in [0.2, 0.25) is 0 Å². The minimum absolute atomic E-state index is 0.360. The first kappa shape index (κ1) is 75.8. The van der Waals surface area contributed by atoms with Crippen molar-refractivity contribution < 1.29 is 9.31 Å². The molecule has 592 valence electrons. The number of nitrogens with one attached hydrogen (secondary N) is 1. The molecule has 4 aromatic heterocycles. The lowest BCUT2D eigenvalue weighted by Crippen LogP contribution is -2.41. The Morgan fingerprint density at radius 2 is 0.556 bits per heavy atom. The Labute approximate surface area is 730 Å². The molecule has 1 fully saturated rings. The van der Waals surface area contributed by atoms with E-state index in [-0.39, 0.29) is 18.3 Å². The van der Waals surface area contributed by atoms with Crippen molar-refractivity contribution in [3.05, 3.63) is 445 Å². The summed E-state index contributed by atoms with van der Waals surface area (Å²) < 4.78 is 20.9. The van der Waals surface area contributed by atoms with Crippen molar-refractivity contribution in [1.29, 1.82) is 0 Å². The van der Waals surface area contributed by atoms with E-state index >= 15 is 0 Å². The van der Waals surface area contributed by atoms with Gasteiger partial charge in [0.05, 0.1) is 44.3 Å². The summed E-state index contributed by atoms with van der Waals surface area (Å²) in [6, 6.07) is 151. The second-order valence-electron chi connectivity index (χ2n) is 33.9. The van der Waals surface area contributed by atoms with Gasteiger partial charge in [0.2, 0.25) is 0 Å². The van der Waals surface area contributed by atoms with E-state index in [4.69, 9.17) is 9.31 Å². The Morgan fingerprint density at radius 3 is 1.02 bits per heavy atom. The first-order valence-corrected chi connectivity index (χ1v) is 43.7. The monoisotopic (exact) mass is 1660 g/mol. The topological polar surface area (TPSA) is 49.0 Å². The van der Waals surface area contributed by atoms with Crippen molar-refractivity contribution in [3.63, 3.8) is 0 Å². The predicted molar refractivity (Wildman–Crippen MR) is 525 cm³/mol. The number of hydrogen-bond donors (Lipinski definition) is 1. The molecule has 6 nitrogen and oxygen atoms in total. The van der Waals surface area contributed by atoms with E-state index in [0.717, 1.165) is 28.5 Å². The maximum absolute atomic E-state index is 6.33. The van der Waals surface area contributed by atoms with Gasteiger partial charge in [0.25, 0.3) is 0 Å². The van der Waals surface area contributed by atoms with Crippen molar-refractivity contribution in [2.45, 2.75) is 51.7 Å². The minimum Gasteiger partial charge on any atom is -0.399 e. The van der Waals surface area contributed by atoms with Crippen LogP contribution < -0.4 is 5.46 Å². The Bertz CT molecular complexity index is 7840. The van der Waals surface area contributed by atoms with Gasteiger partial charge in [-0.1, -0.05) is 313 Å². The highest BCUT2D eigenvalue weighted by Gasteiger charge is 2.52. The Balaban J connectivity index is 0.000000102. The highest BCUT2D eigenvalue weighted by Crippen LogP contribution is 2.45. The van der Waals surface area contributed by atoms with Gasteiger partial charge >= 0.3 is 7.12 Å². The fourth-order valence-corrected chi connectivity index (χ4v) is 19.3. The van der Waals surface area contributed by atoms with Crippen molar-refractivity contribution in [3.8, 4) is 95.0 Å². The molecule has 0 amide bonds. The van der Waals surface area contributed by atoms with Gasteiger partial charge in [-0.05, 0) is 267 Å². The van der Waals surface area contributed by atoms with Crippen LogP contribution in [0.15, 0.2) is 423 Å². The number of hydrogen-bond acceptors (Lipinski definition) is 2. The van der Waals surface area contributed by atoms with Crippen molar-refractivity contribution >= 4 is 116 Å². The summed E-state index contributed by atoms with van der Waals surface area (Å²) in [5.41, 5.74) is 37.1. The molecular formula is C116H86BBrN4O2. The molecule has 3 aliphatic rings. The first-order valence-electron chi connectivity index (χ1n) is 42.9. The Morgan fingerprint density at radius 1 is 0.242 bits per heavy atom. The molecule has 1 saturated heterocycles. The van der Waals surface area contributed by atoms with Gasteiger partial charge in [-0.15, -0.1) is 0 Å². The summed E-state index contributed by atoms with van der Waals surface area (Å²) in [6.45, 7) is 8.38. The highest BCUT2D eigenvalue weighted by molar-refractivity contribution is 9.10. The second-order valence-corrected chi connectivity index (χ2v) is 34.8. The summed E-state index contributed by atoms with van der Waals surface area (Å²) in [4.78, 5) is 3.54. The van der Waals surface area contributed by atoms with Gasteiger partial charge in [0, 0.05) is 75.7 Å². The first-order chi connectivity index (χ1) is 60.8. The summed E-state index contributed by atoms with van der Waals surface area (Å²) in [5.74, 6) is 0. The van der Waals surface area contributed by atoms with Gasteiger partial charge in [0.1, 0.15) is 0 Å². The van der Waals surface area contributed by atoms with Crippen LogP contribution in [-0.2, 0) is 22.2 Å². The number of nitrogens with zero attached hydrogens (tertiary/aromatic N) is 3. The molecule has 0 atom stereocenters. The molecule has 5 heterocycles. The average Bonchev–Trinajstić information content (AvgIpc) is 1.60. The summed E-state index contributed by atoms with van der Waals surface area (Å²) >= 11 is 3.52. The SMILES string of the molecule is Brc1ccc2c(c1)-c1ccccc1C2.CC1(C)OB(c2ccc3c(c2)c2ccccc2n3-c2ccc(-c3ccccc3)cc2)OC1(C)C.c1ccc(-c2ccc(-n3c4ccccc4c4cc(-c5ccc6[nH]c7ccccc7c6c5)ccc43)cc2)cc1.c1ccc(-c2ccc(-n3c4ccccc4c4cc(-c5ccc6c(c5)-c5ccccc5C6)ccc43)cc2)cc1. The molecule has 0 saturated carbocycles. The molecule has 0 spiro atoms. The molecule has 22 aromatic rings. The molecule has 25 rings (SSSR count). The molecule has 8 heteroatoms. The number of para-hydroxylation sites is 4. The number of halogens is 1. The highest BCUT2D eigenvalue weighted by atomic mass is 79.9. The lowest BCUT2D eigenvalue weighted by Gasteiger charge is -2.32. The summed E-state index contributed by atoms with van der Waals surface area (Å²) in [7, 11) is -0.373. The fourth-order valence-electron chi connectivity index (χ4n) is 19.0. The number of benzene rings is 18. The number of H-pyrrole nitrogens is 1. The van der Waals surface area contributed by atoms with Crippen molar-refractivity contribution in [2.75, 3.05) is 0 Å². The van der Waals surface area contributed by atoms with Crippen LogP contribution in [0.3, 0.4) is 0 Å². The normalized spacial score (nSPS) is 13.3. The Kier molecular flexibility index (Phi) is 19.1. The van der Waals surface area contributed by atoms with Crippen LogP contribution >= 0.6 is 15.9 Å². The Hall–Kier alpha value is -14.4.